The molecule has 0 bridgehead atoms. The first kappa shape index (κ1) is 12.2. The van der Waals surface area contributed by atoms with Crippen LogP contribution in [-0.2, 0) is 11.2 Å². The molecule has 1 aliphatic carbocycles. The first-order valence-corrected chi connectivity index (χ1v) is 6.30. The molecule has 0 unspecified atom stereocenters. The van der Waals surface area contributed by atoms with Crippen molar-refractivity contribution in [3.05, 3.63) is 23.2 Å². The number of hydrogen-bond acceptors (Lipinski definition) is 2. The Labute approximate surface area is 103 Å². The highest BCUT2D eigenvalue weighted by Gasteiger charge is 2.35. The van der Waals surface area contributed by atoms with Gasteiger partial charge in [0.15, 0.2) is 0 Å². The van der Waals surface area contributed by atoms with Crippen molar-refractivity contribution in [2.75, 3.05) is 0 Å². The Morgan fingerprint density at radius 3 is 2.94 bits per heavy atom. The molecule has 0 radical (unpaired) electrons. The quantitative estimate of drug-likeness (QED) is 0.855. The van der Waals surface area contributed by atoms with Crippen LogP contribution >= 0.6 is 0 Å². The van der Waals surface area contributed by atoms with Crippen molar-refractivity contribution < 1.29 is 9.21 Å². The van der Waals surface area contributed by atoms with E-state index in [1.54, 1.807) is 0 Å². The van der Waals surface area contributed by atoms with Crippen LogP contribution in [0.15, 0.2) is 10.5 Å². The maximum Gasteiger partial charge on any atom is 0.220 e. The average molecular weight is 235 g/mol. The van der Waals surface area contributed by atoms with Crippen LogP contribution in [-0.4, -0.2) is 5.91 Å². The van der Waals surface area contributed by atoms with E-state index >= 15 is 0 Å². The highest BCUT2D eigenvalue weighted by Crippen LogP contribution is 2.41. The predicted octanol–water partition coefficient (Wildman–Crippen LogP) is 3.13. The van der Waals surface area contributed by atoms with Crippen LogP contribution in [0, 0.1) is 12.3 Å². The van der Waals surface area contributed by atoms with E-state index in [0.717, 1.165) is 24.4 Å². The molecule has 0 saturated heterocycles. The van der Waals surface area contributed by atoms with Crippen molar-refractivity contribution in [3.8, 4) is 0 Å². The zero-order valence-corrected chi connectivity index (χ0v) is 11.1. The second-order valence-electron chi connectivity index (χ2n) is 5.75. The van der Waals surface area contributed by atoms with E-state index in [9.17, 15) is 4.79 Å². The number of carbonyl (C=O) groups is 1. The van der Waals surface area contributed by atoms with Gasteiger partial charge in [0.2, 0.25) is 5.91 Å². The number of carbonyl (C=O) groups excluding carboxylic acids is 1. The van der Waals surface area contributed by atoms with Crippen LogP contribution < -0.4 is 5.32 Å². The van der Waals surface area contributed by atoms with Gasteiger partial charge < -0.3 is 9.73 Å². The zero-order chi connectivity index (χ0) is 12.6. The smallest absolute Gasteiger partial charge is 0.220 e. The van der Waals surface area contributed by atoms with E-state index in [1.807, 2.05) is 13.8 Å². The maximum atomic E-state index is 11.6. The number of amides is 1. The van der Waals surface area contributed by atoms with Crippen molar-refractivity contribution >= 4 is 5.91 Å². The minimum Gasteiger partial charge on any atom is -0.466 e. The SMILES string of the molecule is CCC(=O)N[C@H]1CC(C)(C)Cc2oc(C)cc21. The summed E-state index contributed by atoms with van der Waals surface area (Å²) in [5.41, 5.74) is 1.35. The second-order valence-corrected chi connectivity index (χ2v) is 5.75. The molecule has 2 rings (SSSR count). The Morgan fingerprint density at radius 1 is 1.59 bits per heavy atom. The van der Waals surface area contributed by atoms with E-state index in [0.29, 0.717) is 6.42 Å². The lowest BCUT2D eigenvalue weighted by atomic mass is 9.74. The molecule has 0 aliphatic heterocycles. The minimum atomic E-state index is 0.109. The molecule has 1 aliphatic rings. The molecule has 1 aromatic heterocycles. The van der Waals surface area contributed by atoms with Gasteiger partial charge in [0.25, 0.3) is 0 Å². The molecule has 3 nitrogen and oxygen atoms in total. The fourth-order valence-electron chi connectivity index (χ4n) is 2.61. The van der Waals surface area contributed by atoms with Crippen molar-refractivity contribution in [1.82, 2.24) is 5.32 Å². The Bertz CT molecular complexity index is 431. The van der Waals surface area contributed by atoms with E-state index in [2.05, 4.69) is 25.2 Å². The van der Waals surface area contributed by atoms with E-state index in [1.165, 1.54) is 5.56 Å². The lowest BCUT2D eigenvalue weighted by Crippen LogP contribution is -2.35. The summed E-state index contributed by atoms with van der Waals surface area (Å²) >= 11 is 0. The van der Waals surface area contributed by atoms with Crippen molar-refractivity contribution in [3.63, 3.8) is 0 Å². The molecule has 3 heteroatoms. The summed E-state index contributed by atoms with van der Waals surface area (Å²) in [4.78, 5) is 11.6. The number of furan rings is 1. The summed E-state index contributed by atoms with van der Waals surface area (Å²) in [5, 5.41) is 3.09. The van der Waals surface area contributed by atoms with Crippen molar-refractivity contribution in [1.29, 1.82) is 0 Å². The number of fused-ring (bicyclic) bond motifs is 1. The van der Waals surface area contributed by atoms with Crippen molar-refractivity contribution in [2.45, 2.75) is 53.0 Å². The van der Waals surface area contributed by atoms with Gasteiger partial charge in [0.1, 0.15) is 11.5 Å². The summed E-state index contributed by atoms with van der Waals surface area (Å²) < 4.78 is 5.74. The van der Waals surface area contributed by atoms with Crippen LogP contribution in [0.5, 0.6) is 0 Å². The number of nitrogens with one attached hydrogen (secondary N) is 1. The largest absolute Gasteiger partial charge is 0.466 e. The van der Waals surface area contributed by atoms with Gasteiger partial charge in [-0.05, 0) is 24.8 Å². The topological polar surface area (TPSA) is 42.2 Å². The van der Waals surface area contributed by atoms with Gasteiger partial charge in [-0.15, -0.1) is 0 Å². The molecular formula is C14H21NO2. The molecule has 0 fully saturated rings. The molecule has 1 aromatic rings. The monoisotopic (exact) mass is 235 g/mol. The third-order valence-corrected chi connectivity index (χ3v) is 3.39. The van der Waals surface area contributed by atoms with Gasteiger partial charge in [-0.3, -0.25) is 4.79 Å². The minimum absolute atomic E-state index is 0.109. The molecule has 1 amide bonds. The fourth-order valence-corrected chi connectivity index (χ4v) is 2.61. The highest BCUT2D eigenvalue weighted by atomic mass is 16.3. The summed E-state index contributed by atoms with van der Waals surface area (Å²) in [6.07, 6.45) is 2.46. The average Bonchev–Trinajstić information content (AvgIpc) is 2.56. The summed E-state index contributed by atoms with van der Waals surface area (Å²) in [6, 6.07) is 2.17. The number of aryl methyl sites for hydroxylation is 1. The molecule has 0 aromatic carbocycles. The van der Waals surface area contributed by atoms with Crippen LogP contribution in [0.1, 0.15) is 56.7 Å². The first-order chi connectivity index (χ1) is 7.91. The van der Waals surface area contributed by atoms with Crippen LogP contribution in [0.4, 0.5) is 0 Å². The Hall–Kier alpha value is -1.25. The molecule has 1 atom stereocenters. The molecule has 94 valence electrons. The molecule has 0 saturated carbocycles. The lowest BCUT2D eigenvalue weighted by molar-refractivity contribution is -0.121. The maximum absolute atomic E-state index is 11.6. The standard InChI is InChI=1S/C14H21NO2/c1-5-13(16)15-11-7-14(3,4)8-12-10(11)6-9(2)17-12/h6,11H,5,7-8H2,1-4H3,(H,15,16)/t11-/m0/s1. The molecule has 1 N–H and O–H groups in total. The normalized spacial score (nSPS) is 22.0. The van der Waals surface area contributed by atoms with Gasteiger partial charge in [0, 0.05) is 18.4 Å². The van der Waals surface area contributed by atoms with Gasteiger partial charge in [-0.25, -0.2) is 0 Å². The number of hydrogen-bond donors (Lipinski definition) is 1. The molecule has 0 spiro atoms. The Balaban J connectivity index is 2.29. The van der Waals surface area contributed by atoms with Crippen LogP contribution in [0.3, 0.4) is 0 Å². The lowest BCUT2D eigenvalue weighted by Gasteiger charge is -2.34. The van der Waals surface area contributed by atoms with Gasteiger partial charge in [-0.1, -0.05) is 20.8 Å². The molecule has 1 heterocycles. The zero-order valence-electron chi connectivity index (χ0n) is 11.1. The first-order valence-electron chi connectivity index (χ1n) is 6.30. The van der Waals surface area contributed by atoms with Gasteiger partial charge >= 0.3 is 0 Å². The molecule has 17 heavy (non-hydrogen) atoms. The van der Waals surface area contributed by atoms with E-state index < -0.39 is 0 Å². The third-order valence-electron chi connectivity index (χ3n) is 3.39. The predicted molar refractivity (Wildman–Crippen MR) is 66.7 cm³/mol. The second kappa shape index (κ2) is 4.21. The van der Waals surface area contributed by atoms with Crippen LogP contribution in [0.25, 0.3) is 0 Å². The third kappa shape index (κ3) is 2.54. The summed E-state index contributed by atoms with van der Waals surface area (Å²) in [6.45, 7) is 8.28. The fraction of sp³-hybridized carbons (Fsp3) is 0.643. The summed E-state index contributed by atoms with van der Waals surface area (Å²) in [7, 11) is 0. The van der Waals surface area contributed by atoms with Crippen molar-refractivity contribution in [2.24, 2.45) is 5.41 Å². The summed E-state index contributed by atoms with van der Waals surface area (Å²) in [5.74, 6) is 2.08. The van der Waals surface area contributed by atoms with Gasteiger partial charge in [-0.2, -0.15) is 0 Å². The van der Waals surface area contributed by atoms with Gasteiger partial charge in [0.05, 0.1) is 6.04 Å². The Morgan fingerprint density at radius 2 is 2.29 bits per heavy atom. The molecular weight excluding hydrogens is 214 g/mol. The van der Waals surface area contributed by atoms with E-state index in [-0.39, 0.29) is 17.4 Å². The Kier molecular flexibility index (Phi) is 3.02. The van der Waals surface area contributed by atoms with Crippen LogP contribution in [0.2, 0.25) is 0 Å². The van der Waals surface area contributed by atoms with E-state index in [4.69, 9.17) is 4.42 Å². The highest BCUT2D eigenvalue weighted by molar-refractivity contribution is 5.76. The number of rotatable bonds is 2.